The van der Waals surface area contributed by atoms with E-state index in [1.165, 1.54) is 21.5 Å². The van der Waals surface area contributed by atoms with Gasteiger partial charge in [0, 0.05) is 6.42 Å². The molecule has 1 aliphatic heterocycles. The van der Waals surface area contributed by atoms with Gasteiger partial charge >= 0.3 is 224 Å². The molecule has 5 aromatic rings. The van der Waals surface area contributed by atoms with Crippen LogP contribution in [0.25, 0.3) is 0 Å². The first-order chi connectivity index (χ1) is 24.0. The average Bonchev–Trinajstić information content (AvgIpc) is 3.16. The Balaban J connectivity index is 0.00000486. The molecule has 6 nitrogen and oxygen atoms in total. The predicted molar refractivity (Wildman–Crippen MR) is 216 cm³/mol. The molecule has 6 rings (SSSR count). The third-order valence-corrected chi connectivity index (χ3v) is 20.9. The first-order valence-corrected chi connectivity index (χ1v) is 22.4. The quantitative estimate of drug-likeness (QED) is 0.0745. The number of nitrogens with two attached hydrogens (primary N) is 1. The molecule has 0 amide bonds. The zero-order valence-corrected chi connectivity index (χ0v) is 32.0. The molecule has 0 fully saturated rings. The topological polar surface area (TPSA) is 85.6 Å². The first kappa shape index (κ1) is 37.3. The Morgan fingerprint density at radius 1 is 0.680 bits per heavy atom. The second-order valence-electron chi connectivity index (χ2n) is 12.5. The van der Waals surface area contributed by atoms with Gasteiger partial charge in [-0.15, -0.1) is 0 Å². The summed E-state index contributed by atoms with van der Waals surface area (Å²) in [7, 11) is 0. The van der Waals surface area contributed by atoms with E-state index in [9.17, 15) is 0 Å². The molecule has 260 valence electrons. The molecule has 9 heteroatoms. The molecule has 0 saturated heterocycles. The standard InChI is InChI=1S/C41H45IN5OP.ClH/c42-49(36-19-9-4-10-20-36,37-21-11-5-12-22-37,38-23-13-6-14-24-38)32-16-2-1-15-31-48-35-27-25-34(26-28-35)39-45-40(43)47-41(46-39)44-30-29-33-17-7-3-8-18-33;/h3-14,17-28,39H,1-2,15-16,29-32H2,(H4,43,44,45,46,47);1H. The van der Waals surface area contributed by atoms with E-state index in [1.54, 1.807) is 0 Å². The Labute approximate surface area is 315 Å². The molecule has 1 atom stereocenters. The van der Waals surface area contributed by atoms with Crippen molar-refractivity contribution in [2.45, 2.75) is 38.3 Å². The molecule has 0 bridgehead atoms. The van der Waals surface area contributed by atoms with Crippen molar-refractivity contribution in [3.63, 3.8) is 0 Å². The van der Waals surface area contributed by atoms with Crippen LogP contribution in [0.2, 0.25) is 0 Å². The van der Waals surface area contributed by atoms with E-state index in [-0.39, 0.29) is 18.6 Å². The maximum absolute atomic E-state index is 6.16. The summed E-state index contributed by atoms with van der Waals surface area (Å²) < 4.78 is 3.45. The number of rotatable bonds is 15. The van der Waals surface area contributed by atoms with E-state index >= 15 is 0 Å². The van der Waals surface area contributed by atoms with Crippen LogP contribution in [0.4, 0.5) is 0 Å². The van der Waals surface area contributed by atoms with Crippen molar-refractivity contribution in [2.75, 3.05) is 19.3 Å². The number of ether oxygens (including phenoxy) is 1. The van der Waals surface area contributed by atoms with Crippen LogP contribution in [0, 0.1) is 0 Å². The number of halogens is 2. The zero-order valence-electron chi connectivity index (χ0n) is 28.2. The van der Waals surface area contributed by atoms with E-state index in [2.05, 4.69) is 170 Å². The van der Waals surface area contributed by atoms with Crippen LogP contribution in [0.3, 0.4) is 0 Å². The Morgan fingerprint density at radius 2 is 1.20 bits per heavy atom. The van der Waals surface area contributed by atoms with E-state index < -0.39 is 4.25 Å². The molecule has 0 spiro atoms. The van der Waals surface area contributed by atoms with Crippen molar-refractivity contribution >= 4 is 54.1 Å². The van der Waals surface area contributed by atoms with Gasteiger partial charge in [-0.2, -0.15) is 4.99 Å². The van der Waals surface area contributed by atoms with Crippen LogP contribution in [0.5, 0.6) is 5.75 Å². The summed E-state index contributed by atoms with van der Waals surface area (Å²) in [5, 5.41) is 10.8. The fourth-order valence-corrected chi connectivity index (χ4v) is 15.4. The zero-order chi connectivity index (χ0) is 33.8. The maximum Gasteiger partial charge on any atom is 0.352 e. The van der Waals surface area contributed by atoms with E-state index in [0.717, 1.165) is 62.1 Å². The summed E-state index contributed by atoms with van der Waals surface area (Å²) >= 11 is 2.89. The van der Waals surface area contributed by atoms with Crippen molar-refractivity contribution in [3.05, 3.63) is 157 Å². The third kappa shape index (κ3) is 8.87. The molecule has 0 radical (unpaired) electrons. The van der Waals surface area contributed by atoms with Gasteiger partial charge in [0.25, 0.3) is 5.96 Å². The van der Waals surface area contributed by atoms with Crippen LogP contribution in [0.1, 0.15) is 43.0 Å². The number of benzene rings is 5. The number of nitrogens with zero attached hydrogens (tertiary/aromatic N) is 1. The van der Waals surface area contributed by atoms with Crippen molar-refractivity contribution < 1.29 is 22.1 Å². The number of aliphatic imine (C=N–C) groups is 1. The molecular formula is C41H46ClIN5OP. The van der Waals surface area contributed by atoms with Gasteiger partial charge in [-0.3, -0.25) is 10.3 Å². The molecule has 5 aromatic carbocycles. The minimum Gasteiger partial charge on any atom is -1.00 e. The molecule has 5 N–H and O–H groups in total. The molecule has 0 aliphatic carbocycles. The molecule has 50 heavy (non-hydrogen) atoms. The van der Waals surface area contributed by atoms with E-state index in [4.69, 9.17) is 10.5 Å². The minimum atomic E-state index is -2.70. The number of guanidine groups is 2. The second-order valence-corrected chi connectivity index (χ2v) is 23.2. The Hall–Kier alpha value is -3.91. The van der Waals surface area contributed by atoms with Crippen molar-refractivity contribution in [2.24, 2.45) is 10.7 Å². The fourth-order valence-electron chi connectivity index (χ4n) is 6.59. The van der Waals surface area contributed by atoms with Crippen molar-refractivity contribution in [1.29, 1.82) is 0 Å². The Bertz CT molecular complexity index is 1730. The fraction of sp³-hybridized carbons (Fsp3) is 0.220. The normalized spacial score (nSPS) is 15.8. The van der Waals surface area contributed by atoms with Gasteiger partial charge in [-0.1, -0.05) is 30.3 Å². The van der Waals surface area contributed by atoms with Crippen LogP contribution in [-0.4, -0.2) is 31.2 Å². The monoisotopic (exact) mass is 817 g/mol. The van der Waals surface area contributed by atoms with Crippen molar-refractivity contribution in [3.8, 4) is 5.75 Å². The van der Waals surface area contributed by atoms with Gasteiger partial charge in [0.15, 0.2) is 0 Å². The van der Waals surface area contributed by atoms with Gasteiger partial charge in [-0.05, 0) is 5.56 Å². The third-order valence-electron chi connectivity index (χ3n) is 9.18. The van der Waals surface area contributed by atoms with Gasteiger partial charge in [0.1, 0.15) is 0 Å². The summed E-state index contributed by atoms with van der Waals surface area (Å²) in [4.78, 5) is 7.96. The number of unbranched alkanes of at least 4 members (excludes halogenated alkanes) is 3. The van der Waals surface area contributed by atoms with E-state index in [0.29, 0.717) is 12.6 Å². The largest absolute Gasteiger partial charge is 1.00 e. The molecule has 1 aliphatic rings. The average molecular weight is 818 g/mol. The summed E-state index contributed by atoms with van der Waals surface area (Å²) in [6.07, 6.45) is 6.24. The molecule has 1 heterocycles. The second kappa shape index (κ2) is 17.8. The summed E-state index contributed by atoms with van der Waals surface area (Å²) in [6.45, 7) is 1.48. The smallest absolute Gasteiger partial charge is 0.352 e. The van der Waals surface area contributed by atoms with Gasteiger partial charge in [0.2, 0.25) is 0 Å². The van der Waals surface area contributed by atoms with Crippen LogP contribution in [0.15, 0.2) is 151 Å². The van der Waals surface area contributed by atoms with Crippen LogP contribution in [-0.2, 0) is 6.42 Å². The van der Waals surface area contributed by atoms with Crippen molar-refractivity contribution in [1.82, 2.24) is 10.6 Å². The molecular weight excluding hydrogens is 772 g/mol. The Kier molecular flexibility index (Phi) is 13.3. The number of nitrogens with one attached hydrogen (secondary N) is 3. The summed E-state index contributed by atoms with van der Waals surface area (Å²) in [5.41, 5.74) is 8.42. The summed E-state index contributed by atoms with van der Waals surface area (Å²) in [5.74, 6) is 2.02. The van der Waals surface area contributed by atoms with Crippen LogP contribution < -0.4 is 54.4 Å². The number of hydrogen-bond donors (Lipinski definition) is 4. The maximum atomic E-state index is 6.16. The van der Waals surface area contributed by atoms with Gasteiger partial charge in [0.05, 0.1) is 6.54 Å². The predicted octanol–water partition coefficient (Wildman–Crippen LogP) is 2.70. The first-order valence-electron chi connectivity index (χ1n) is 17.2. The van der Waals surface area contributed by atoms with Crippen LogP contribution >= 0.6 is 26.3 Å². The Morgan fingerprint density at radius 3 is 1.76 bits per heavy atom. The summed E-state index contributed by atoms with van der Waals surface area (Å²) in [6, 6.07) is 52.1. The minimum absolute atomic E-state index is 0. The SMILES string of the molecule is NC1=NC(c2ccc(OCCCCCCP(I)(c3ccccc3)(c3ccccc3)c3ccccc3)cc2)NC(=[NH+]CCc2ccccc2)N1.[Cl-]. The molecule has 1 unspecified atom stereocenters. The van der Waals surface area contributed by atoms with E-state index in [1.807, 2.05) is 18.2 Å². The molecule has 0 saturated carbocycles. The van der Waals surface area contributed by atoms with Gasteiger partial charge < -0.3 is 18.1 Å². The molecule has 0 aromatic heterocycles. The number of hydrogen-bond acceptors (Lipinski definition) is 3. The van der Waals surface area contributed by atoms with Gasteiger partial charge in [-0.25, -0.2) is 5.32 Å².